The third-order valence-electron chi connectivity index (χ3n) is 4.14. The third kappa shape index (κ3) is 5.00. The lowest BCUT2D eigenvalue weighted by Gasteiger charge is -2.41. The number of nitrogens with zero attached hydrogens (tertiary/aromatic N) is 1. The number of rotatable bonds is 9. The second-order valence-corrected chi connectivity index (χ2v) is 6.03. The fourth-order valence-corrected chi connectivity index (χ4v) is 2.91. The molecule has 19 heavy (non-hydrogen) atoms. The molecule has 2 rings (SSSR count). The molecule has 3 N–H and O–H groups in total. The van der Waals surface area contributed by atoms with Crippen molar-refractivity contribution < 1.29 is 14.9 Å². The number of hydrogen-bond acceptors (Lipinski definition) is 5. The highest BCUT2D eigenvalue weighted by Crippen LogP contribution is 2.30. The average Bonchev–Trinajstić information content (AvgIpc) is 3.22. The summed E-state index contributed by atoms with van der Waals surface area (Å²) in [6.45, 7) is 5.10. The van der Waals surface area contributed by atoms with Gasteiger partial charge in [-0.1, -0.05) is 0 Å². The van der Waals surface area contributed by atoms with Gasteiger partial charge in [0.05, 0.1) is 19.8 Å². The number of ether oxygens (including phenoxy) is 1. The summed E-state index contributed by atoms with van der Waals surface area (Å²) < 4.78 is 5.70. The minimum atomic E-state index is 0.144. The van der Waals surface area contributed by atoms with Gasteiger partial charge in [0.2, 0.25) is 0 Å². The Morgan fingerprint density at radius 3 is 2.47 bits per heavy atom. The predicted octanol–water partition coefficient (Wildman–Crippen LogP) is -0.178. The molecule has 1 heterocycles. The molecule has 5 heteroatoms. The monoisotopic (exact) mass is 272 g/mol. The van der Waals surface area contributed by atoms with Crippen molar-refractivity contribution in [3.05, 3.63) is 0 Å². The molecule has 1 atom stereocenters. The molecule has 0 spiro atoms. The Balaban J connectivity index is 1.89. The van der Waals surface area contributed by atoms with Gasteiger partial charge in [-0.2, -0.15) is 0 Å². The van der Waals surface area contributed by atoms with E-state index >= 15 is 0 Å². The molecule has 112 valence electrons. The SMILES string of the molecule is OCCN(CCO)CC1(CNC2CC2)CCCOC1. The van der Waals surface area contributed by atoms with E-state index in [9.17, 15) is 0 Å². The van der Waals surface area contributed by atoms with Crippen molar-refractivity contribution in [1.29, 1.82) is 0 Å². The first kappa shape index (κ1) is 15.2. The molecule has 1 saturated heterocycles. The largest absolute Gasteiger partial charge is 0.395 e. The number of nitrogens with one attached hydrogen (secondary N) is 1. The first-order valence-electron chi connectivity index (χ1n) is 7.53. The van der Waals surface area contributed by atoms with Gasteiger partial charge in [-0.05, 0) is 25.7 Å². The second-order valence-electron chi connectivity index (χ2n) is 6.03. The maximum atomic E-state index is 9.13. The molecular weight excluding hydrogens is 244 g/mol. The number of hydrogen-bond donors (Lipinski definition) is 3. The first-order valence-corrected chi connectivity index (χ1v) is 7.53. The Morgan fingerprint density at radius 1 is 1.21 bits per heavy atom. The van der Waals surface area contributed by atoms with Crippen LogP contribution in [0.3, 0.4) is 0 Å². The Bertz CT molecular complexity index is 247. The molecule has 5 nitrogen and oxygen atoms in total. The maximum absolute atomic E-state index is 9.13. The van der Waals surface area contributed by atoms with Crippen molar-refractivity contribution in [2.24, 2.45) is 5.41 Å². The molecule has 0 aromatic rings. The number of aliphatic hydroxyl groups excluding tert-OH is 2. The van der Waals surface area contributed by atoms with Crippen LogP contribution in [0.15, 0.2) is 0 Å². The van der Waals surface area contributed by atoms with Crippen molar-refractivity contribution in [3.8, 4) is 0 Å². The van der Waals surface area contributed by atoms with Crippen molar-refractivity contribution in [2.75, 3.05) is 52.6 Å². The molecule has 1 aliphatic heterocycles. The van der Waals surface area contributed by atoms with Gasteiger partial charge in [0.1, 0.15) is 0 Å². The van der Waals surface area contributed by atoms with Crippen LogP contribution < -0.4 is 5.32 Å². The van der Waals surface area contributed by atoms with Gasteiger partial charge in [0.25, 0.3) is 0 Å². The van der Waals surface area contributed by atoms with Crippen molar-refractivity contribution in [1.82, 2.24) is 10.2 Å². The Kier molecular flexibility index (Phi) is 6.04. The molecule has 0 radical (unpaired) electrons. The maximum Gasteiger partial charge on any atom is 0.0558 e. The van der Waals surface area contributed by atoms with Gasteiger partial charge in [-0.15, -0.1) is 0 Å². The van der Waals surface area contributed by atoms with E-state index in [1.807, 2.05) is 0 Å². The van der Waals surface area contributed by atoms with Gasteiger partial charge in [0, 0.05) is 44.2 Å². The van der Waals surface area contributed by atoms with Gasteiger partial charge >= 0.3 is 0 Å². The van der Waals surface area contributed by atoms with E-state index in [0.717, 1.165) is 32.7 Å². The zero-order valence-corrected chi connectivity index (χ0v) is 11.8. The molecule has 0 bridgehead atoms. The fourth-order valence-electron chi connectivity index (χ4n) is 2.91. The van der Waals surface area contributed by atoms with Gasteiger partial charge in [-0.3, -0.25) is 4.90 Å². The smallest absolute Gasteiger partial charge is 0.0558 e. The van der Waals surface area contributed by atoms with Crippen LogP contribution in [0.4, 0.5) is 0 Å². The molecule has 2 aliphatic rings. The number of aliphatic hydroxyl groups is 2. The lowest BCUT2D eigenvalue weighted by Crippen LogP contribution is -2.50. The summed E-state index contributed by atoms with van der Waals surface area (Å²) in [6.07, 6.45) is 4.88. The minimum Gasteiger partial charge on any atom is -0.395 e. The van der Waals surface area contributed by atoms with Crippen LogP contribution in [0.5, 0.6) is 0 Å². The van der Waals surface area contributed by atoms with Crippen LogP contribution in [0.1, 0.15) is 25.7 Å². The average molecular weight is 272 g/mol. The molecule has 0 aromatic carbocycles. The Morgan fingerprint density at radius 2 is 1.95 bits per heavy atom. The molecule has 1 aliphatic carbocycles. The quantitative estimate of drug-likeness (QED) is 0.543. The third-order valence-corrected chi connectivity index (χ3v) is 4.14. The van der Waals surface area contributed by atoms with Crippen LogP contribution in [-0.2, 0) is 4.74 Å². The highest BCUT2D eigenvalue weighted by molar-refractivity contribution is 4.91. The van der Waals surface area contributed by atoms with Crippen molar-refractivity contribution >= 4 is 0 Å². The Hall–Kier alpha value is -0.200. The van der Waals surface area contributed by atoms with Gasteiger partial charge in [-0.25, -0.2) is 0 Å². The predicted molar refractivity (Wildman–Crippen MR) is 74.1 cm³/mol. The zero-order chi connectivity index (χ0) is 13.6. The standard InChI is InChI=1S/C14H28N2O3/c17-7-5-16(6-8-18)11-14(4-1-9-19-12-14)10-15-13-2-3-13/h13,15,17-18H,1-12H2. The Labute approximate surface area is 115 Å². The highest BCUT2D eigenvalue weighted by atomic mass is 16.5. The zero-order valence-electron chi connectivity index (χ0n) is 11.8. The summed E-state index contributed by atoms with van der Waals surface area (Å²) in [5, 5.41) is 21.9. The molecule has 2 fully saturated rings. The first-order chi connectivity index (χ1) is 9.28. The summed E-state index contributed by atoms with van der Waals surface area (Å²) in [7, 11) is 0. The summed E-state index contributed by atoms with van der Waals surface area (Å²) in [4.78, 5) is 2.16. The lowest BCUT2D eigenvalue weighted by atomic mass is 9.81. The molecule has 1 saturated carbocycles. The van der Waals surface area contributed by atoms with E-state index in [2.05, 4.69) is 10.2 Å². The molecule has 1 unspecified atom stereocenters. The van der Waals surface area contributed by atoms with Gasteiger partial charge < -0.3 is 20.3 Å². The topological polar surface area (TPSA) is 65.0 Å². The molecule has 0 amide bonds. The minimum absolute atomic E-state index is 0.144. The van der Waals surface area contributed by atoms with Crippen LogP contribution in [0.2, 0.25) is 0 Å². The van der Waals surface area contributed by atoms with E-state index in [-0.39, 0.29) is 18.6 Å². The normalized spacial score (nSPS) is 27.9. The van der Waals surface area contributed by atoms with E-state index < -0.39 is 0 Å². The van der Waals surface area contributed by atoms with Crippen LogP contribution >= 0.6 is 0 Å². The molecule has 0 aromatic heterocycles. The van der Waals surface area contributed by atoms with E-state index in [1.54, 1.807) is 0 Å². The van der Waals surface area contributed by atoms with Crippen molar-refractivity contribution in [3.63, 3.8) is 0 Å². The lowest BCUT2D eigenvalue weighted by molar-refractivity contribution is -0.0300. The summed E-state index contributed by atoms with van der Waals surface area (Å²) >= 11 is 0. The van der Waals surface area contributed by atoms with E-state index in [4.69, 9.17) is 14.9 Å². The van der Waals surface area contributed by atoms with E-state index in [0.29, 0.717) is 19.1 Å². The summed E-state index contributed by atoms with van der Waals surface area (Å²) in [6, 6.07) is 0.711. The summed E-state index contributed by atoms with van der Waals surface area (Å²) in [5.74, 6) is 0. The summed E-state index contributed by atoms with van der Waals surface area (Å²) in [5.41, 5.74) is 0.144. The van der Waals surface area contributed by atoms with Crippen LogP contribution in [0, 0.1) is 5.41 Å². The van der Waals surface area contributed by atoms with Gasteiger partial charge in [0.15, 0.2) is 0 Å². The second kappa shape index (κ2) is 7.55. The van der Waals surface area contributed by atoms with E-state index in [1.165, 1.54) is 19.3 Å². The van der Waals surface area contributed by atoms with Crippen LogP contribution in [-0.4, -0.2) is 73.8 Å². The van der Waals surface area contributed by atoms with Crippen LogP contribution in [0.25, 0.3) is 0 Å². The van der Waals surface area contributed by atoms with Crippen molar-refractivity contribution in [2.45, 2.75) is 31.7 Å². The fraction of sp³-hybridized carbons (Fsp3) is 1.00. The molecular formula is C14H28N2O3. The highest BCUT2D eigenvalue weighted by Gasteiger charge is 2.36.